The normalized spacial score (nSPS) is 10.3. The SMILES string of the molecule is CCc1cc(OCCCCC(N)=O)c(C(=O)O)s1. The topological polar surface area (TPSA) is 89.6 Å². The number of aryl methyl sites for hydroxylation is 1. The van der Waals surface area contributed by atoms with Gasteiger partial charge >= 0.3 is 5.97 Å². The van der Waals surface area contributed by atoms with E-state index in [-0.39, 0.29) is 10.8 Å². The van der Waals surface area contributed by atoms with E-state index in [2.05, 4.69) is 0 Å². The molecule has 0 saturated heterocycles. The largest absolute Gasteiger partial charge is 0.492 e. The number of carboxylic acid groups (broad SMARTS) is 1. The van der Waals surface area contributed by atoms with Gasteiger partial charge in [-0.15, -0.1) is 11.3 Å². The van der Waals surface area contributed by atoms with Crippen molar-refractivity contribution in [3.05, 3.63) is 15.8 Å². The number of hydrogen-bond acceptors (Lipinski definition) is 4. The summed E-state index contributed by atoms with van der Waals surface area (Å²) >= 11 is 1.24. The zero-order valence-corrected chi connectivity index (χ0v) is 11.1. The van der Waals surface area contributed by atoms with Crippen molar-refractivity contribution in [2.75, 3.05) is 6.61 Å². The molecule has 100 valence electrons. The fourth-order valence-electron chi connectivity index (χ4n) is 1.44. The molecule has 1 amide bonds. The molecule has 0 aliphatic carbocycles. The molecular formula is C12H17NO4S. The Bertz CT molecular complexity index is 428. The number of carbonyl (C=O) groups excluding carboxylic acids is 1. The molecule has 0 saturated carbocycles. The number of rotatable bonds is 8. The highest BCUT2D eigenvalue weighted by Crippen LogP contribution is 2.30. The predicted molar refractivity (Wildman–Crippen MR) is 69.2 cm³/mol. The Morgan fingerprint density at radius 3 is 2.72 bits per heavy atom. The van der Waals surface area contributed by atoms with Gasteiger partial charge in [0, 0.05) is 11.3 Å². The summed E-state index contributed by atoms with van der Waals surface area (Å²) in [5.41, 5.74) is 5.02. The van der Waals surface area contributed by atoms with Crippen molar-refractivity contribution >= 4 is 23.2 Å². The Balaban J connectivity index is 2.48. The molecule has 1 aromatic rings. The molecule has 0 fully saturated rings. The number of amides is 1. The van der Waals surface area contributed by atoms with Crippen LogP contribution in [0.15, 0.2) is 6.07 Å². The van der Waals surface area contributed by atoms with Crippen LogP contribution in [-0.2, 0) is 11.2 Å². The number of ether oxygens (including phenoxy) is 1. The highest BCUT2D eigenvalue weighted by molar-refractivity contribution is 7.14. The van der Waals surface area contributed by atoms with E-state index in [1.165, 1.54) is 11.3 Å². The maximum atomic E-state index is 11.0. The Morgan fingerprint density at radius 2 is 2.17 bits per heavy atom. The first-order valence-electron chi connectivity index (χ1n) is 5.81. The first-order chi connectivity index (χ1) is 8.54. The van der Waals surface area contributed by atoms with Gasteiger partial charge in [0.1, 0.15) is 5.75 Å². The standard InChI is InChI=1S/C12H17NO4S/c1-2-8-7-9(11(18-8)12(15)16)17-6-4-3-5-10(13)14/h7H,2-6H2,1H3,(H2,13,14)(H,15,16). The second kappa shape index (κ2) is 7.00. The minimum Gasteiger partial charge on any atom is -0.492 e. The van der Waals surface area contributed by atoms with E-state index >= 15 is 0 Å². The fraction of sp³-hybridized carbons (Fsp3) is 0.500. The van der Waals surface area contributed by atoms with Crippen LogP contribution in [0.4, 0.5) is 0 Å². The van der Waals surface area contributed by atoms with E-state index in [0.29, 0.717) is 31.6 Å². The lowest BCUT2D eigenvalue weighted by molar-refractivity contribution is -0.118. The molecule has 0 atom stereocenters. The van der Waals surface area contributed by atoms with Crippen molar-refractivity contribution < 1.29 is 19.4 Å². The van der Waals surface area contributed by atoms with Crippen molar-refractivity contribution in [3.8, 4) is 5.75 Å². The highest BCUT2D eigenvalue weighted by atomic mass is 32.1. The highest BCUT2D eigenvalue weighted by Gasteiger charge is 2.15. The molecule has 1 aromatic heterocycles. The molecule has 0 unspecified atom stereocenters. The third kappa shape index (κ3) is 4.37. The Hall–Kier alpha value is -1.56. The van der Waals surface area contributed by atoms with Gasteiger partial charge in [-0.05, 0) is 25.3 Å². The third-order valence-corrected chi connectivity index (χ3v) is 3.62. The molecule has 1 heterocycles. The summed E-state index contributed by atoms with van der Waals surface area (Å²) in [6, 6.07) is 1.77. The monoisotopic (exact) mass is 271 g/mol. The maximum Gasteiger partial charge on any atom is 0.349 e. The Labute approximate surface area is 110 Å². The van der Waals surface area contributed by atoms with E-state index in [0.717, 1.165) is 11.3 Å². The maximum absolute atomic E-state index is 11.0. The number of carbonyl (C=O) groups is 2. The van der Waals surface area contributed by atoms with Gasteiger partial charge in [-0.3, -0.25) is 4.79 Å². The third-order valence-electron chi connectivity index (χ3n) is 2.37. The van der Waals surface area contributed by atoms with Crippen LogP contribution >= 0.6 is 11.3 Å². The van der Waals surface area contributed by atoms with E-state index in [9.17, 15) is 9.59 Å². The number of primary amides is 1. The van der Waals surface area contributed by atoms with E-state index in [1.807, 2.05) is 6.92 Å². The van der Waals surface area contributed by atoms with Crippen LogP contribution in [0.2, 0.25) is 0 Å². The summed E-state index contributed by atoms with van der Waals surface area (Å²) < 4.78 is 5.44. The molecule has 0 aliphatic rings. The second-order valence-electron chi connectivity index (χ2n) is 3.84. The quantitative estimate of drug-likeness (QED) is 0.708. The Morgan fingerprint density at radius 1 is 1.44 bits per heavy atom. The van der Waals surface area contributed by atoms with Gasteiger partial charge in [0.05, 0.1) is 6.61 Å². The molecule has 18 heavy (non-hydrogen) atoms. The van der Waals surface area contributed by atoms with Crippen molar-refractivity contribution in [1.29, 1.82) is 0 Å². The van der Waals surface area contributed by atoms with Gasteiger partial charge < -0.3 is 15.6 Å². The summed E-state index contributed by atoms with van der Waals surface area (Å²) in [5, 5.41) is 9.02. The fourth-order valence-corrected chi connectivity index (χ4v) is 2.31. The van der Waals surface area contributed by atoms with Gasteiger partial charge in [-0.2, -0.15) is 0 Å². The van der Waals surface area contributed by atoms with Crippen LogP contribution in [0.3, 0.4) is 0 Å². The molecule has 1 rings (SSSR count). The number of aromatic carboxylic acids is 1. The lowest BCUT2D eigenvalue weighted by Crippen LogP contribution is -2.10. The van der Waals surface area contributed by atoms with Crippen LogP contribution in [0.5, 0.6) is 5.75 Å². The molecule has 0 spiro atoms. The van der Waals surface area contributed by atoms with Crippen LogP contribution < -0.4 is 10.5 Å². The van der Waals surface area contributed by atoms with Crippen LogP contribution in [0, 0.1) is 0 Å². The zero-order chi connectivity index (χ0) is 13.5. The molecule has 5 nitrogen and oxygen atoms in total. The molecule has 6 heteroatoms. The molecule has 3 N–H and O–H groups in total. The summed E-state index contributed by atoms with van der Waals surface area (Å²) in [7, 11) is 0. The van der Waals surface area contributed by atoms with Crippen molar-refractivity contribution in [3.63, 3.8) is 0 Å². The van der Waals surface area contributed by atoms with Crippen LogP contribution in [-0.4, -0.2) is 23.6 Å². The minimum atomic E-state index is -0.966. The lowest BCUT2D eigenvalue weighted by Gasteiger charge is -2.04. The van der Waals surface area contributed by atoms with Crippen LogP contribution in [0.25, 0.3) is 0 Å². The van der Waals surface area contributed by atoms with Gasteiger partial charge in [0.15, 0.2) is 4.88 Å². The van der Waals surface area contributed by atoms with Crippen molar-refractivity contribution in [2.24, 2.45) is 5.73 Å². The number of carboxylic acids is 1. The minimum absolute atomic E-state index is 0.238. The molecule has 0 radical (unpaired) electrons. The van der Waals surface area contributed by atoms with Crippen LogP contribution in [0.1, 0.15) is 40.7 Å². The first kappa shape index (κ1) is 14.5. The smallest absolute Gasteiger partial charge is 0.349 e. The van der Waals surface area contributed by atoms with Gasteiger partial charge in [0.2, 0.25) is 5.91 Å². The van der Waals surface area contributed by atoms with E-state index in [4.69, 9.17) is 15.6 Å². The number of nitrogens with two attached hydrogens (primary N) is 1. The number of thiophene rings is 1. The molecule has 0 bridgehead atoms. The average Bonchev–Trinajstić information content (AvgIpc) is 2.71. The lowest BCUT2D eigenvalue weighted by atomic mass is 10.2. The van der Waals surface area contributed by atoms with Crippen molar-refractivity contribution in [1.82, 2.24) is 0 Å². The summed E-state index contributed by atoms with van der Waals surface area (Å²) in [6.07, 6.45) is 2.46. The van der Waals surface area contributed by atoms with Crippen molar-refractivity contribution in [2.45, 2.75) is 32.6 Å². The zero-order valence-electron chi connectivity index (χ0n) is 10.3. The van der Waals surface area contributed by atoms with Gasteiger partial charge in [0.25, 0.3) is 0 Å². The van der Waals surface area contributed by atoms with E-state index in [1.54, 1.807) is 6.07 Å². The van der Waals surface area contributed by atoms with E-state index < -0.39 is 5.97 Å². The molecular weight excluding hydrogens is 254 g/mol. The van der Waals surface area contributed by atoms with Gasteiger partial charge in [-0.25, -0.2) is 4.79 Å². The summed E-state index contributed by atoms with van der Waals surface area (Å²) in [4.78, 5) is 22.7. The average molecular weight is 271 g/mol. The summed E-state index contributed by atoms with van der Waals surface area (Å²) in [5.74, 6) is -0.875. The summed E-state index contributed by atoms with van der Waals surface area (Å²) in [6.45, 7) is 2.36. The number of unbranched alkanes of at least 4 members (excludes halogenated alkanes) is 1. The Kier molecular flexibility index (Phi) is 5.64. The second-order valence-corrected chi connectivity index (χ2v) is 4.97. The number of hydrogen-bond donors (Lipinski definition) is 2. The molecule has 0 aromatic carbocycles. The first-order valence-corrected chi connectivity index (χ1v) is 6.63. The van der Waals surface area contributed by atoms with Gasteiger partial charge in [-0.1, -0.05) is 6.92 Å². The molecule has 0 aliphatic heterocycles. The predicted octanol–water partition coefficient (Wildman–Crippen LogP) is 2.04.